The fourth-order valence-electron chi connectivity index (χ4n) is 3.03. The molecule has 0 atom stereocenters. The normalized spacial score (nSPS) is 15.6. The van der Waals surface area contributed by atoms with Crippen LogP contribution in [0.25, 0.3) is 0 Å². The molecule has 0 aliphatic carbocycles. The van der Waals surface area contributed by atoms with E-state index in [0.29, 0.717) is 36.8 Å². The van der Waals surface area contributed by atoms with Gasteiger partial charge in [0.1, 0.15) is 5.82 Å². The highest BCUT2D eigenvalue weighted by molar-refractivity contribution is 7.91. The van der Waals surface area contributed by atoms with Gasteiger partial charge in [0, 0.05) is 26.2 Å². The zero-order chi connectivity index (χ0) is 17.2. The van der Waals surface area contributed by atoms with Gasteiger partial charge in [0.2, 0.25) is 0 Å². The molecule has 0 aromatic heterocycles. The van der Waals surface area contributed by atoms with Crippen LogP contribution >= 0.6 is 0 Å². The van der Waals surface area contributed by atoms with Gasteiger partial charge in [-0.05, 0) is 24.3 Å². The number of hydrogen-bond donors (Lipinski definition) is 0. The van der Waals surface area contributed by atoms with Gasteiger partial charge in [-0.2, -0.15) is 0 Å². The number of anilines is 2. The molecular formula is C18H21FN2O2S. The minimum Gasteiger partial charge on any atom is -0.367 e. The van der Waals surface area contributed by atoms with Gasteiger partial charge in [-0.15, -0.1) is 0 Å². The molecule has 0 N–H and O–H groups in total. The highest BCUT2D eigenvalue weighted by atomic mass is 32.2. The zero-order valence-corrected chi connectivity index (χ0v) is 14.5. The van der Waals surface area contributed by atoms with Gasteiger partial charge >= 0.3 is 0 Å². The van der Waals surface area contributed by atoms with Crippen molar-refractivity contribution < 1.29 is 12.8 Å². The number of nitrogens with zero attached hydrogens (tertiary/aromatic N) is 2. The lowest BCUT2D eigenvalue weighted by Gasteiger charge is -2.38. The van der Waals surface area contributed by atoms with Crippen LogP contribution in [0.15, 0.2) is 53.4 Å². The summed E-state index contributed by atoms with van der Waals surface area (Å²) in [5.74, 6) is -0.140. The molecule has 6 heteroatoms. The zero-order valence-electron chi connectivity index (χ0n) is 13.7. The van der Waals surface area contributed by atoms with Crippen LogP contribution in [0.5, 0.6) is 0 Å². The molecule has 0 radical (unpaired) electrons. The van der Waals surface area contributed by atoms with Crippen LogP contribution < -0.4 is 9.80 Å². The number of hydrogen-bond acceptors (Lipinski definition) is 4. The Morgan fingerprint density at radius 2 is 1.38 bits per heavy atom. The Balaban J connectivity index is 1.80. The predicted octanol–water partition coefficient (Wildman–Crippen LogP) is 2.95. The van der Waals surface area contributed by atoms with Crippen molar-refractivity contribution >= 4 is 21.2 Å². The summed E-state index contributed by atoms with van der Waals surface area (Å²) >= 11 is 0. The second-order valence-electron chi connectivity index (χ2n) is 5.80. The Morgan fingerprint density at radius 1 is 0.875 bits per heavy atom. The topological polar surface area (TPSA) is 40.6 Å². The molecule has 0 amide bonds. The van der Waals surface area contributed by atoms with Crippen LogP contribution in [0.2, 0.25) is 0 Å². The van der Waals surface area contributed by atoms with E-state index >= 15 is 0 Å². The highest BCUT2D eigenvalue weighted by Gasteiger charge is 2.24. The first-order valence-electron chi connectivity index (χ1n) is 8.09. The Kier molecular flexibility index (Phi) is 4.76. The molecule has 2 aromatic rings. The lowest BCUT2D eigenvalue weighted by molar-refractivity contribution is 0.590. The summed E-state index contributed by atoms with van der Waals surface area (Å²) in [5.41, 5.74) is 1.35. The third kappa shape index (κ3) is 3.24. The van der Waals surface area contributed by atoms with Crippen molar-refractivity contribution in [3.05, 3.63) is 54.3 Å². The summed E-state index contributed by atoms with van der Waals surface area (Å²) in [6.45, 7) is 4.28. The van der Waals surface area contributed by atoms with Gasteiger partial charge in [-0.1, -0.05) is 31.2 Å². The average Bonchev–Trinajstić information content (AvgIpc) is 2.62. The van der Waals surface area contributed by atoms with Gasteiger partial charge in [0.05, 0.1) is 22.0 Å². The summed E-state index contributed by atoms with van der Waals surface area (Å²) in [7, 11) is -3.27. The molecule has 2 aromatic carbocycles. The Hall–Kier alpha value is -2.08. The number of piperazine rings is 1. The number of rotatable bonds is 4. The molecule has 1 heterocycles. The van der Waals surface area contributed by atoms with Crippen LogP contribution in [-0.4, -0.2) is 40.3 Å². The molecule has 4 nitrogen and oxygen atoms in total. The molecule has 1 aliphatic heterocycles. The minimum absolute atomic E-state index is 0.0825. The second kappa shape index (κ2) is 6.81. The quantitative estimate of drug-likeness (QED) is 0.852. The molecule has 24 heavy (non-hydrogen) atoms. The van der Waals surface area contributed by atoms with E-state index in [1.807, 2.05) is 23.1 Å². The molecule has 1 aliphatic rings. The van der Waals surface area contributed by atoms with Crippen molar-refractivity contribution in [2.75, 3.05) is 41.7 Å². The lowest BCUT2D eigenvalue weighted by atomic mass is 10.2. The summed E-state index contributed by atoms with van der Waals surface area (Å²) < 4.78 is 38.5. The van der Waals surface area contributed by atoms with E-state index in [2.05, 4.69) is 4.90 Å². The third-order valence-electron chi connectivity index (χ3n) is 4.39. The third-order valence-corrected chi connectivity index (χ3v) is 6.17. The second-order valence-corrected chi connectivity index (χ2v) is 8.04. The smallest absolute Gasteiger partial charge is 0.180 e. The van der Waals surface area contributed by atoms with Crippen LogP contribution in [0.4, 0.5) is 15.8 Å². The van der Waals surface area contributed by atoms with Crippen molar-refractivity contribution in [1.29, 1.82) is 0 Å². The van der Waals surface area contributed by atoms with Gasteiger partial charge in [-0.3, -0.25) is 0 Å². The molecule has 0 saturated carbocycles. The minimum atomic E-state index is -3.27. The van der Waals surface area contributed by atoms with Gasteiger partial charge in [-0.25, -0.2) is 12.8 Å². The van der Waals surface area contributed by atoms with E-state index in [0.717, 1.165) is 5.69 Å². The molecular weight excluding hydrogens is 327 g/mol. The molecule has 0 bridgehead atoms. The van der Waals surface area contributed by atoms with E-state index < -0.39 is 9.84 Å². The Bertz CT molecular complexity index is 815. The first-order valence-corrected chi connectivity index (χ1v) is 9.74. The van der Waals surface area contributed by atoms with Crippen LogP contribution in [0.3, 0.4) is 0 Å². The number of benzene rings is 2. The Labute approximate surface area is 142 Å². The maximum atomic E-state index is 13.9. The summed E-state index contributed by atoms with van der Waals surface area (Å²) in [6, 6.07) is 13.9. The molecule has 1 saturated heterocycles. The van der Waals surface area contributed by atoms with Crippen molar-refractivity contribution in [2.45, 2.75) is 11.8 Å². The highest BCUT2D eigenvalue weighted by Crippen LogP contribution is 2.28. The van der Waals surface area contributed by atoms with E-state index in [-0.39, 0.29) is 11.6 Å². The van der Waals surface area contributed by atoms with Crippen LogP contribution in [0, 0.1) is 5.82 Å². The average molecular weight is 348 g/mol. The molecule has 0 unspecified atom stereocenters. The number of para-hydroxylation sites is 2. The van der Waals surface area contributed by atoms with E-state index in [9.17, 15) is 12.8 Å². The SMILES string of the molecule is CCS(=O)(=O)c1ccccc1N1CCN(c2ccccc2F)CC1. The number of sulfone groups is 1. The largest absolute Gasteiger partial charge is 0.367 e. The first-order chi connectivity index (χ1) is 11.5. The fourth-order valence-corrected chi connectivity index (χ4v) is 4.15. The van der Waals surface area contributed by atoms with Gasteiger partial charge < -0.3 is 9.80 Å². The summed E-state index contributed by atoms with van der Waals surface area (Å²) in [5, 5.41) is 0. The first kappa shape index (κ1) is 16.8. The summed E-state index contributed by atoms with van der Waals surface area (Å²) in [4.78, 5) is 4.45. The van der Waals surface area contributed by atoms with E-state index in [4.69, 9.17) is 0 Å². The number of halogens is 1. The van der Waals surface area contributed by atoms with E-state index in [1.165, 1.54) is 6.07 Å². The van der Waals surface area contributed by atoms with Crippen molar-refractivity contribution in [3.8, 4) is 0 Å². The standard InChI is InChI=1S/C18H21FN2O2S/c1-2-24(22,23)18-10-6-5-9-17(18)21-13-11-20(12-14-21)16-8-4-3-7-15(16)19/h3-10H,2,11-14H2,1H3. The molecule has 3 rings (SSSR count). The Morgan fingerprint density at radius 3 is 1.96 bits per heavy atom. The van der Waals surface area contributed by atoms with Crippen molar-refractivity contribution in [2.24, 2.45) is 0 Å². The van der Waals surface area contributed by atoms with Gasteiger partial charge in [0.15, 0.2) is 9.84 Å². The molecule has 1 fully saturated rings. The molecule has 0 spiro atoms. The van der Waals surface area contributed by atoms with Gasteiger partial charge in [0.25, 0.3) is 0 Å². The van der Waals surface area contributed by atoms with Crippen molar-refractivity contribution in [3.63, 3.8) is 0 Å². The maximum Gasteiger partial charge on any atom is 0.180 e. The fraction of sp³-hybridized carbons (Fsp3) is 0.333. The molecule has 128 valence electrons. The van der Waals surface area contributed by atoms with Crippen molar-refractivity contribution in [1.82, 2.24) is 0 Å². The maximum absolute atomic E-state index is 13.9. The van der Waals surface area contributed by atoms with Crippen LogP contribution in [0.1, 0.15) is 6.92 Å². The summed E-state index contributed by atoms with van der Waals surface area (Å²) in [6.07, 6.45) is 0. The predicted molar refractivity (Wildman–Crippen MR) is 95.0 cm³/mol. The lowest BCUT2D eigenvalue weighted by Crippen LogP contribution is -2.47. The van der Waals surface area contributed by atoms with Crippen LogP contribution in [-0.2, 0) is 9.84 Å². The monoisotopic (exact) mass is 348 g/mol. The van der Waals surface area contributed by atoms with E-state index in [1.54, 1.807) is 31.2 Å².